The zero-order chi connectivity index (χ0) is 10.1. The molecule has 2 heteroatoms. The maximum Gasteiger partial charge on any atom is 0.304 e. The van der Waals surface area contributed by atoms with Crippen molar-refractivity contribution in [3.05, 3.63) is 12.2 Å². The zero-order valence-electron chi connectivity index (χ0n) is 8.63. The lowest BCUT2D eigenvalue weighted by molar-refractivity contribution is -0.139. The standard InChI is InChI=1S/C11H18O2/c1-10(2)5-4-6-11(3,8-10)7-9(12)13/h4,6H,5,7-8H2,1-3H3,(H,12,13). The van der Waals surface area contributed by atoms with Gasteiger partial charge in [0.2, 0.25) is 0 Å². The highest BCUT2D eigenvalue weighted by Gasteiger charge is 2.34. The van der Waals surface area contributed by atoms with Crippen molar-refractivity contribution >= 4 is 5.97 Å². The molecule has 0 aliphatic heterocycles. The Balaban J connectivity index is 2.74. The third-order valence-electron chi connectivity index (χ3n) is 2.63. The van der Waals surface area contributed by atoms with Gasteiger partial charge in [0, 0.05) is 0 Å². The first-order valence-corrected chi connectivity index (χ1v) is 4.73. The van der Waals surface area contributed by atoms with E-state index in [9.17, 15) is 4.79 Å². The molecule has 0 fully saturated rings. The van der Waals surface area contributed by atoms with Crippen molar-refractivity contribution in [3.63, 3.8) is 0 Å². The van der Waals surface area contributed by atoms with Crippen LogP contribution in [0.3, 0.4) is 0 Å². The van der Waals surface area contributed by atoms with E-state index in [1.54, 1.807) is 0 Å². The molecule has 2 nitrogen and oxygen atoms in total. The van der Waals surface area contributed by atoms with Crippen LogP contribution < -0.4 is 0 Å². The Morgan fingerprint density at radius 1 is 1.46 bits per heavy atom. The lowest BCUT2D eigenvalue weighted by Crippen LogP contribution is -2.29. The van der Waals surface area contributed by atoms with Gasteiger partial charge in [-0.25, -0.2) is 0 Å². The topological polar surface area (TPSA) is 37.3 Å². The van der Waals surface area contributed by atoms with E-state index in [1.807, 2.05) is 6.92 Å². The molecule has 0 aromatic rings. The molecule has 1 atom stereocenters. The number of carboxylic acid groups (broad SMARTS) is 1. The highest BCUT2D eigenvalue weighted by atomic mass is 16.4. The Kier molecular flexibility index (Phi) is 2.51. The first kappa shape index (κ1) is 10.3. The van der Waals surface area contributed by atoms with Gasteiger partial charge in [-0.2, -0.15) is 0 Å². The monoisotopic (exact) mass is 182 g/mol. The second-order valence-corrected chi connectivity index (χ2v) is 5.17. The first-order chi connectivity index (χ1) is 5.83. The van der Waals surface area contributed by atoms with Crippen LogP contribution in [0.4, 0.5) is 0 Å². The van der Waals surface area contributed by atoms with Crippen LogP contribution in [0, 0.1) is 10.8 Å². The molecule has 0 aromatic carbocycles. The molecule has 1 rings (SSSR count). The van der Waals surface area contributed by atoms with E-state index in [2.05, 4.69) is 26.0 Å². The average molecular weight is 182 g/mol. The molecule has 74 valence electrons. The summed E-state index contributed by atoms with van der Waals surface area (Å²) in [6.07, 6.45) is 6.44. The van der Waals surface area contributed by atoms with E-state index >= 15 is 0 Å². The summed E-state index contributed by atoms with van der Waals surface area (Å²) in [4.78, 5) is 10.6. The summed E-state index contributed by atoms with van der Waals surface area (Å²) in [5, 5.41) is 8.77. The summed E-state index contributed by atoms with van der Waals surface area (Å²) in [6.45, 7) is 6.41. The highest BCUT2D eigenvalue weighted by molar-refractivity contribution is 5.68. The number of aliphatic carboxylic acids is 1. The minimum absolute atomic E-state index is 0.145. The quantitative estimate of drug-likeness (QED) is 0.667. The van der Waals surface area contributed by atoms with E-state index in [4.69, 9.17) is 5.11 Å². The summed E-state index contributed by atoms with van der Waals surface area (Å²) in [5.74, 6) is -0.704. The normalized spacial score (nSPS) is 31.6. The minimum Gasteiger partial charge on any atom is -0.481 e. The third-order valence-corrected chi connectivity index (χ3v) is 2.63. The number of carbonyl (C=O) groups is 1. The van der Waals surface area contributed by atoms with Crippen LogP contribution in [0.5, 0.6) is 0 Å². The largest absolute Gasteiger partial charge is 0.481 e. The molecule has 0 spiro atoms. The predicted octanol–water partition coefficient (Wildman–Crippen LogP) is 2.84. The Labute approximate surface area is 79.6 Å². The lowest BCUT2D eigenvalue weighted by atomic mass is 9.67. The summed E-state index contributed by atoms with van der Waals surface area (Å²) in [7, 11) is 0. The molecule has 0 heterocycles. The van der Waals surface area contributed by atoms with Crippen LogP contribution in [0.1, 0.15) is 40.0 Å². The lowest BCUT2D eigenvalue weighted by Gasteiger charge is -2.37. The van der Waals surface area contributed by atoms with Gasteiger partial charge in [-0.05, 0) is 23.7 Å². The van der Waals surface area contributed by atoms with Gasteiger partial charge in [-0.1, -0.05) is 32.9 Å². The maximum atomic E-state index is 10.6. The van der Waals surface area contributed by atoms with E-state index < -0.39 is 5.97 Å². The Bertz CT molecular complexity index is 240. The molecule has 1 aliphatic carbocycles. The average Bonchev–Trinajstić information content (AvgIpc) is 1.79. The van der Waals surface area contributed by atoms with Crippen molar-refractivity contribution in [1.29, 1.82) is 0 Å². The van der Waals surface area contributed by atoms with E-state index in [1.165, 1.54) is 0 Å². The van der Waals surface area contributed by atoms with Crippen molar-refractivity contribution in [2.45, 2.75) is 40.0 Å². The van der Waals surface area contributed by atoms with Crippen LogP contribution >= 0.6 is 0 Å². The number of carboxylic acids is 1. The molecule has 0 amide bonds. The van der Waals surface area contributed by atoms with Crippen molar-refractivity contribution in [3.8, 4) is 0 Å². The fourth-order valence-corrected chi connectivity index (χ4v) is 2.35. The molecule has 0 radical (unpaired) electrons. The van der Waals surface area contributed by atoms with E-state index in [0.717, 1.165) is 12.8 Å². The minimum atomic E-state index is -0.704. The smallest absolute Gasteiger partial charge is 0.304 e. The van der Waals surface area contributed by atoms with Gasteiger partial charge in [0.05, 0.1) is 6.42 Å². The van der Waals surface area contributed by atoms with Crippen LogP contribution in [0.15, 0.2) is 12.2 Å². The van der Waals surface area contributed by atoms with Gasteiger partial charge in [0.25, 0.3) is 0 Å². The SMILES string of the molecule is CC1(C)CC=CC(C)(CC(=O)O)C1. The van der Waals surface area contributed by atoms with Crippen LogP contribution in [-0.2, 0) is 4.79 Å². The summed E-state index contributed by atoms with van der Waals surface area (Å²) < 4.78 is 0. The molecule has 0 saturated carbocycles. The second-order valence-electron chi connectivity index (χ2n) is 5.17. The van der Waals surface area contributed by atoms with Gasteiger partial charge in [-0.15, -0.1) is 0 Å². The summed E-state index contributed by atoms with van der Waals surface area (Å²) >= 11 is 0. The van der Waals surface area contributed by atoms with E-state index in [0.29, 0.717) is 0 Å². The summed E-state index contributed by atoms with van der Waals surface area (Å²) in [5.41, 5.74) is 0.104. The van der Waals surface area contributed by atoms with Crippen LogP contribution in [-0.4, -0.2) is 11.1 Å². The van der Waals surface area contributed by atoms with Gasteiger partial charge in [-0.3, -0.25) is 4.79 Å². The summed E-state index contributed by atoms with van der Waals surface area (Å²) in [6, 6.07) is 0. The van der Waals surface area contributed by atoms with Crippen LogP contribution in [0.2, 0.25) is 0 Å². The first-order valence-electron chi connectivity index (χ1n) is 4.73. The predicted molar refractivity (Wildman–Crippen MR) is 52.5 cm³/mol. The molecular formula is C11H18O2. The fraction of sp³-hybridized carbons (Fsp3) is 0.727. The second kappa shape index (κ2) is 3.17. The van der Waals surface area contributed by atoms with Crippen molar-refractivity contribution in [1.82, 2.24) is 0 Å². The van der Waals surface area contributed by atoms with Gasteiger partial charge < -0.3 is 5.11 Å². The fourth-order valence-electron chi connectivity index (χ4n) is 2.35. The number of hydrogen-bond donors (Lipinski definition) is 1. The van der Waals surface area contributed by atoms with Crippen molar-refractivity contribution < 1.29 is 9.90 Å². The molecule has 0 bridgehead atoms. The molecule has 1 unspecified atom stereocenters. The van der Waals surface area contributed by atoms with E-state index in [-0.39, 0.29) is 17.3 Å². The molecule has 13 heavy (non-hydrogen) atoms. The van der Waals surface area contributed by atoms with Gasteiger partial charge >= 0.3 is 5.97 Å². The third kappa shape index (κ3) is 2.87. The molecule has 1 aliphatic rings. The molecular weight excluding hydrogens is 164 g/mol. The number of rotatable bonds is 2. The Hall–Kier alpha value is -0.790. The van der Waals surface area contributed by atoms with Crippen molar-refractivity contribution in [2.75, 3.05) is 0 Å². The zero-order valence-corrected chi connectivity index (χ0v) is 8.63. The Morgan fingerprint density at radius 2 is 2.08 bits per heavy atom. The molecule has 0 saturated heterocycles. The molecule has 1 N–H and O–H groups in total. The van der Waals surface area contributed by atoms with Crippen LogP contribution in [0.25, 0.3) is 0 Å². The van der Waals surface area contributed by atoms with Crippen molar-refractivity contribution in [2.24, 2.45) is 10.8 Å². The van der Waals surface area contributed by atoms with Gasteiger partial charge in [0.15, 0.2) is 0 Å². The maximum absolute atomic E-state index is 10.6. The molecule has 0 aromatic heterocycles. The Morgan fingerprint density at radius 3 is 2.54 bits per heavy atom. The number of allylic oxidation sites excluding steroid dienone is 2. The number of hydrogen-bond acceptors (Lipinski definition) is 1. The highest BCUT2D eigenvalue weighted by Crippen LogP contribution is 2.43. The van der Waals surface area contributed by atoms with Gasteiger partial charge in [0.1, 0.15) is 0 Å².